The van der Waals surface area contributed by atoms with E-state index >= 15 is 0 Å². The van der Waals surface area contributed by atoms with Crippen molar-refractivity contribution in [1.82, 2.24) is 0 Å². The SMILES string of the molecule is CC(C)S(=O)(=O)CCOc1cccc(O)c1. The molecule has 16 heavy (non-hydrogen) atoms. The number of phenolic OH excluding ortho intramolecular Hbond substituents is 1. The molecule has 1 rings (SSSR count). The van der Waals surface area contributed by atoms with Gasteiger partial charge in [0.1, 0.15) is 18.1 Å². The lowest BCUT2D eigenvalue weighted by atomic mass is 10.3. The van der Waals surface area contributed by atoms with Crippen LogP contribution in [0.3, 0.4) is 0 Å². The zero-order valence-electron chi connectivity index (χ0n) is 9.38. The van der Waals surface area contributed by atoms with Crippen molar-refractivity contribution < 1.29 is 18.3 Å². The predicted octanol–water partition coefficient (Wildman–Crippen LogP) is 1.59. The van der Waals surface area contributed by atoms with Crippen LogP contribution >= 0.6 is 0 Å². The molecule has 0 aliphatic heterocycles. The van der Waals surface area contributed by atoms with E-state index in [0.29, 0.717) is 5.75 Å². The number of ether oxygens (including phenoxy) is 1. The lowest BCUT2D eigenvalue weighted by Crippen LogP contribution is -2.21. The molecule has 0 saturated heterocycles. The Morgan fingerprint density at radius 1 is 1.38 bits per heavy atom. The van der Waals surface area contributed by atoms with E-state index < -0.39 is 9.84 Å². The fourth-order valence-corrected chi connectivity index (χ4v) is 1.87. The topological polar surface area (TPSA) is 63.6 Å². The van der Waals surface area contributed by atoms with Gasteiger partial charge in [-0.2, -0.15) is 0 Å². The van der Waals surface area contributed by atoms with Gasteiger partial charge in [0.05, 0.1) is 11.0 Å². The quantitative estimate of drug-likeness (QED) is 0.854. The van der Waals surface area contributed by atoms with Crippen molar-refractivity contribution in [3.05, 3.63) is 24.3 Å². The minimum absolute atomic E-state index is 0.0136. The maximum absolute atomic E-state index is 11.5. The van der Waals surface area contributed by atoms with Crippen LogP contribution in [0.4, 0.5) is 0 Å². The second-order valence-corrected chi connectivity index (χ2v) is 6.44. The van der Waals surface area contributed by atoms with E-state index in [1.807, 2.05) is 0 Å². The van der Waals surface area contributed by atoms with Gasteiger partial charge in [0, 0.05) is 6.07 Å². The van der Waals surface area contributed by atoms with Crippen LogP contribution in [0, 0.1) is 0 Å². The van der Waals surface area contributed by atoms with Gasteiger partial charge in [-0.1, -0.05) is 6.07 Å². The molecule has 0 aromatic heterocycles. The summed E-state index contributed by atoms with van der Waals surface area (Å²) < 4.78 is 28.1. The Bertz CT molecular complexity index is 437. The smallest absolute Gasteiger partial charge is 0.155 e. The summed E-state index contributed by atoms with van der Waals surface area (Å²) in [5.41, 5.74) is 0. The molecule has 0 saturated carbocycles. The first kappa shape index (κ1) is 12.8. The Morgan fingerprint density at radius 3 is 2.62 bits per heavy atom. The highest BCUT2D eigenvalue weighted by molar-refractivity contribution is 7.91. The summed E-state index contributed by atoms with van der Waals surface area (Å²) in [5, 5.41) is 8.77. The van der Waals surface area contributed by atoms with Crippen LogP contribution in [-0.2, 0) is 9.84 Å². The van der Waals surface area contributed by atoms with Gasteiger partial charge in [-0.3, -0.25) is 0 Å². The first-order chi connectivity index (χ1) is 7.42. The Labute approximate surface area is 95.8 Å². The molecule has 1 N–H and O–H groups in total. The number of hydrogen-bond donors (Lipinski definition) is 1. The zero-order chi connectivity index (χ0) is 12.2. The van der Waals surface area contributed by atoms with E-state index in [0.717, 1.165) is 0 Å². The summed E-state index contributed by atoms with van der Waals surface area (Å²) in [7, 11) is -3.07. The van der Waals surface area contributed by atoms with Crippen LogP contribution in [0.15, 0.2) is 24.3 Å². The highest BCUT2D eigenvalue weighted by Crippen LogP contribution is 2.17. The maximum atomic E-state index is 11.5. The number of rotatable bonds is 5. The number of benzene rings is 1. The van der Waals surface area contributed by atoms with E-state index in [-0.39, 0.29) is 23.4 Å². The molecule has 1 aromatic carbocycles. The summed E-state index contributed by atoms with van der Waals surface area (Å²) >= 11 is 0. The average molecular weight is 244 g/mol. The largest absolute Gasteiger partial charge is 0.508 e. The molecule has 4 nitrogen and oxygen atoms in total. The third-order valence-corrected chi connectivity index (χ3v) is 4.34. The van der Waals surface area contributed by atoms with Crippen LogP contribution in [0.2, 0.25) is 0 Å². The van der Waals surface area contributed by atoms with Gasteiger partial charge in [-0.25, -0.2) is 8.42 Å². The Balaban J connectivity index is 2.48. The minimum Gasteiger partial charge on any atom is -0.508 e. The first-order valence-electron chi connectivity index (χ1n) is 5.05. The molecule has 1 aromatic rings. The van der Waals surface area contributed by atoms with Gasteiger partial charge in [0.2, 0.25) is 0 Å². The van der Waals surface area contributed by atoms with Gasteiger partial charge in [0.25, 0.3) is 0 Å². The summed E-state index contributed by atoms with van der Waals surface area (Å²) in [5.74, 6) is 0.559. The minimum atomic E-state index is -3.07. The molecule has 0 unspecified atom stereocenters. The summed E-state index contributed by atoms with van der Waals surface area (Å²) in [6, 6.07) is 6.28. The van der Waals surface area contributed by atoms with Crippen LogP contribution in [-0.4, -0.2) is 31.1 Å². The van der Waals surface area contributed by atoms with Gasteiger partial charge >= 0.3 is 0 Å². The number of hydrogen-bond acceptors (Lipinski definition) is 4. The Morgan fingerprint density at radius 2 is 2.06 bits per heavy atom. The van der Waals surface area contributed by atoms with Gasteiger partial charge in [0.15, 0.2) is 9.84 Å². The van der Waals surface area contributed by atoms with E-state index in [9.17, 15) is 8.42 Å². The zero-order valence-corrected chi connectivity index (χ0v) is 10.2. The monoisotopic (exact) mass is 244 g/mol. The van der Waals surface area contributed by atoms with E-state index in [1.54, 1.807) is 26.0 Å². The molecule has 0 heterocycles. The first-order valence-corrected chi connectivity index (χ1v) is 6.77. The van der Waals surface area contributed by atoms with Crippen molar-refractivity contribution in [2.75, 3.05) is 12.4 Å². The van der Waals surface area contributed by atoms with Gasteiger partial charge < -0.3 is 9.84 Å². The molecular formula is C11H16O4S. The molecule has 5 heteroatoms. The molecule has 0 amide bonds. The third-order valence-electron chi connectivity index (χ3n) is 2.17. The fourth-order valence-electron chi connectivity index (χ4n) is 1.08. The van der Waals surface area contributed by atoms with Crippen LogP contribution < -0.4 is 4.74 Å². The standard InChI is InChI=1S/C11H16O4S/c1-9(2)16(13,14)7-6-15-11-5-3-4-10(12)8-11/h3-5,8-9,12H,6-7H2,1-2H3. The van der Waals surface area contributed by atoms with Crippen LogP contribution in [0.5, 0.6) is 11.5 Å². The fraction of sp³-hybridized carbons (Fsp3) is 0.455. The van der Waals surface area contributed by atoms with Crippen molar-refractivity contribution in [2.24, 2.45) is 0 Å². The lowest BCUT2D eigenvalue weighted by molar-refractivity contribution is 0.338. The summed E-state index contributed by atoms with van der Waals surface area (Å²) in [4.78, 5) is 0. The highest BCUT2D eigenvalue weighted by Gasteiger charge is 2.15. The lowest BCUT2D eigenvalue weighted by Gasteiger charge is -2.09. The number of sulfone groups is 1. The average Bonchev–Trinajstić information content (AvgIpc) is 2.17. The van der Waals surface area contributed by atoms with Crippen molar-refractivity contribution in [3.63, 3.8) is 0 Å². The molecule has 90 valence electrons. The van der Waals surface area contributed by atoms with Gasteiger partial charge in [-0.05, 0) is 26.0 Å². The molecule has 0 aliphatic rings. The molecule has 0 radical (unpaired) electrons. The molecule has 0 bridgehead atoms. The molecular weight excluding hydrogens is 228 g/mol. The van der Waals surface area contributed by atoms with Crippen molar-refractivity contribution in [3.8, 4) is 11.5 Å². The summed E-state index contributed by atoms with van der Waals surface area (Å²) in [6.45, 7) is 3.39. The predicted molar refractivity (Wildman–Crippen MR) is 62.5 cm³/mol. The van der Waals surface area contributed by atoms with Gasteiger partial charge in [-0.15, -0.1) is 0 Å². The Hall–Kier alpha value is -1.23. The van der Waals surface area contributed by atoms with Crippen molar-refractivity contribution in [1.29, 1.82) is 0 Å². The molecule has 0 aliphatic carbocycles. The molecule has 0 atom stereocenters. The van der Waals surface area contributed by atoms with E-state index in [2.05, 4.69) is 0 Å². The normalized spacial score (nSPS) is 11.7. The Kier molecular flexibility index (Phi) is 4.18. The van der Waals surface area contributed by atoms with Crippen molar-refractivity contribution >= 4 is 9.84 Å². The maximum Gasteiger partial charge on any atom is 0.155 e. The van der Waals surface area contributed by atoms with Crippen LogP contribution in [0.1, 0.15) is 13.8 Å². The van der Waals surface area contributed by atoms with Crippen LogP contribution in [0.25, 0.3) is 0 Å². The summed E-state index contributed by atoms with van der Waals surface area (Å²) in [6.07, 6.45) is 0. The second kappa shape index (κ2) is 5.21. The molecule has 0 fully saturated rings. The number of aromatic hydroxyl groups is 1. The highest BCUT2D eigenvalue weighted by atomic mass is 32.2. The van der Waals surface area contributed by atoms with E-state index in [1.165, 1.54) is 12.1 Å². The second-order valence-electron chi connectivity index (χ2n) is 3.76. The van der Waals surface area contributed by atoms with E-state index in [4.69, 9.17) is 9.84 Å². The third kappa shape index (κ3) is 3.73. The van der Waals surface area contributed by atoms with Crippen molar-refractivity contribution in [2.45, 2.75) is 19.1 Å². The number of phenols is 1. The molecule has 0 spiro atoms.